The van der Waals surface area contributed by atoms with E-state index >= 15 is 0 Å². The minimum Gasteiger partial charge on any atom is -0.497 e. The number of nitro groups is 1. The van der Waals surface area contributed by atoms with Crippen molar-refractivity contribution in [2.45, 2.75) is 13.0 Å². The maximum atomic E-state index is 11.5. The molecule has 0 fully saturated rings. The quantitative estimate of drug-likeness (QED) is 0.437. The average molecular weight is 421 g/mol. The first kappa shape index (κ1) is 21.6. The molecule has 160 valence electrons. The first-order valence-corrected chi connectivity index (χ1v) is 9.44. The van der Waals surface area contributed by atoms with Gasteiger partial charge in [-0.3, -0.25) is 10.1 Å². The Morgan fingerprint density at radius 2 is 1.81 bits per heavy atom. The minimum atomic E-state index is -1.23. The molecule has 0 saturated carbocycles. The van der Waals surface area contributed by atoms with Crippen LogP contribution in [0.1, 0.15) is 12.5 Å². The zero-order chi connectivity index (χ0) is 22.4. The Kier molecular flexibility index (Phi) is 6.71. The van der Waals surface area contributed by atoms with Gasteiger partial charge in [0.05, 0.1) is 19.0 Å². The molecule has 2 aromatic rings. The van der Waals surface area contributed by atoms with Crippen LogP contribution >= 0.6 is 0 Å². The summed E-state index contributed by atoms with van der Waals surface area (Å²) in [6.45, 7) is 1.57. The van der Waals surface area contributed by atoms with E-state index in [1.807, 2.05) is 43.3 Å². The molecule has 0 spiro atoms. The van der Waals surface area contributed by atoms with E-state index in [1.165, 1.54) is 0 Å². The number of hydrazone groups is 1. The summed E-state index contributed by atoms with van der Waals surface area (Å²) in [6, 6.07) is 13.4. The van der Waals surface area contributed by atoms with Crippen molar-refractivity contribution in [2.75, 3.05) is 26.1 Å². The Hall–Kier alpha value is -4.08. The number of anilines is 1. The van der Waals surface area contributed by atoms with Gasteiger partial charge in [0, 0.05) is 24.7 Å². The first-order chi connectivity index (χ1) is 14.9. The topological polar surface area (TPSA) is 117 Å². The van der Waals surface area contributed by atoms with E-state index in [1.54, 1.807) is 44.5 Å². The number of hydrogen-bond donors (Lipinski definition) is 1. The molecule has 0 saturated heterocycles. The van der Waals surface area contributed by atoms with E-state index in [2.05, 4.69) is 25.5 Å². The Bertz CT molecular complexity index is 1060. The van der Waals surface area contributed by atoms with Crippen LogP contribution in [0.15, 0.2) is 68.6 Å². The number of nitrogens with zero attached hydrogens (tertiary/aromatic N) is 6. The summed E-state index contributed by atoms with van der Waals surface area (Å²) in [7, 11) is 5.49. The van der Waals surface area contributed by atoms with Gasteiger partial charge in [0.2, 0.25) is 11.8 Å². The monoisotopic (exact) mass is 421 g/mol. The van der Waals surface area contributed by atoms with E-state index in [0.29, 0.717) is 11.4 Å². The minimum absolute atomic E-state index is 0.0238. The van der Waals surface area contributed by atoms with Gasteiger partial charge in [0.25, 0.3) is 0 Å². The molecule has 10 heteroatoms. The highest BCUT2D eigenvalue weighted by molar-refractivity contribution is 6.18. The number of hydrogen-bond acceptors (Lipinski definition) is 8. The molecule has 0 unspecified atom stereocenters. The fourth-order valence-corrected chi connectivity index (χ4v) is 2.80. The number of amidine groups is 1. The third-order valence-corrected chi connectivity index (χ3v) is 4.46. The summed E-state index contributed by atoms with van der Waals surface area (Å²) in [6.07, 6.45) is 1.62. The Labute approximate surface area is 179 Å². The smallest absolute Gasteiger partial charge is 0.309 e. The van der Waals surface area contributed by atoms with Crippen molar-refractivity contribution in [2.24, 2.45) is 20.1 Å². The summed E-state index contributed by atoms with van der Waals surface area (Å²) in [4.78, 5) is 25.8. The van der Waals surface area contributed by atoms with Gasteiger partial charge in [0.1, 0.15) is 11.5 Å². The molecular formula is C21H23N7O3. The molecule has 0 aliphatic carbocycles. The molecular weight excluding hydrogens is 398 g/mol. The van der Waals surface area contributed by atoms with Gasteiger partial charge in [-0.1, -0.05) is 12.1 Å². The van der Waals surface area contributed by atoms with Crippen LogP contribution in [-0.4, -0.2) is 55.9 Å². The lowest BCUT2D eigenvalue weighted by Gasteiger charge is -2.15. The number of rotatable bonds is 6. The molecule has 0 radical (unpaired) electrons. The highest BCUT2D eigenvalue weighted by Gasteiger charge is 2.34. The second-order valence-electron chi connectivity index (χ2n) is 6.90. The van der Waals surface area contributed by atoms with E-state index in [4.69, 9.17) is 4.74 Å². The molecule has 1 heterocycles. The van der Waals surface area contributed by atoms with Crippen molar-refractivity contribution in [1.82, 2.24) is 5.43 Å². The van der Waals surface area contributed by atoms with Gasteiger partial charge in [-0.15, -0.1) is 0 Å². The zero-order valence-electron chi connectivity index (χ0n) is 17.7. The standard InChI is InChI=1S/C21H23N7O3/c1-14-19(28(29)30)20(24-16-7-11-18(31-4)12-8-16)25-21(23-14)26-22-13-15-5-9-17(10-6-15)27(2)3/h5-13,19H,1-4H3,(H,24,25,26)/t19-/m1/s1. The second kappa shape index (κ2) is 9.61. The van der Waals surface area contributed by atoms with Crippen molar-refractivity contribution in [3.8, 4) is 5.75 Å². The molecule has 0 aromatic heterocycles. The Morgan fingerprint density at radius 3 is 2.39 bits per heavy atom. The van der Waals surface area contributed by atoms with Crippen LogP contribution in [0.4, 0.5) is 11.4 Å². The van der Waals surface area contributed by atoms with Crippen LogP contribution < -0.4 is 15.1 Å². The number of nitrogens with one attached hydrogen (secondary N) is 1. The molecule has 1 aliphatic heterocycles. The van der Waals surface area contributed by atoms with Crippen molar-refractivity contribution >= 4 is 35.1 Å². The fraction of sp³-hybridized carbons (Fsp3) is 0.238. The van der Waals surface area contributed by atoms with Crippen molar-refractivity contribution in [1.29, 1.82) is 0 Å². The van der Waals surface area contributed by atoms with Gasteiger partial charge in [-0.25, -0.2) is 15.4 Å². The van der Waals surface area contributed by atoms with Gasteiger partial charge in [-0.05, 0) is 48.9 Å². The summed E-state index contributed by atoms with van der Waals surface area (Å²) >= 11 is 0. The lowest BCUT2D eigenvalue weighted by atomic mass is 10.1. The van der Waals surface area contributed by atoms with Crippen molar-refractivity contribution < 1.29 is 9.66 Å². The molecule has 1 aliphatic rings. The maximum Gasteiger partial charge on any atom is 0.309 e. The van der Waals surface area contributed by atoms with Crippen LogP contribution in [0.2, 0.25) is 0 Å². The first-order valence-electron chi connectivity index (χ1n) is 9.44. The van der Waals surface area contributed by atoms with Gasteiger partial charge < -0.3 is 9.64 Å². The molecule has 3 rings (SSSR count). The molecule has 10 nitrogen and oxygen atoms in total. The maximum absolute atomic E-state index is 11.5. The SMILES string of the molecule is COc1ccc(N=C2N=C(NN=Cc3ccc(N(C)C)cc3)N=C(C)[C@H]2[N+](=O)[O-])cc1. The van der Waals surface area contributed by atoms with Crippen LogP contribution in [0.25, 0.3) is 0 Å². The molecule has 1 atom stereocenters. The molecule has 0 amide bonds. The normalized spacial score (nSPS) is 17.3. The third-order valence-electron chi connectivity index (χ3n) is 4.46. The van der Waals surface area contributed by atoms with Gasteiger partial charge >= 0.3 is 6.04 Å². The number of benzene rings is 2. The number of aliphatic imine (C=N–C) groups is 3. The predicted molar refractivity (Wildman–Crippen MR) is 123 cm³/mol. The van der Waals surface area contributed by atoms with E-state index in [9.17, 15) is 10.1 Å². The van der Waals surface area contributed by atoms with Crippen LogP contribution in [0.5, 0.6) is 5.75 Å². The number of ether oxygens (including phenoxy) is 1. The number of methoxy groups -OCH3 is 1. The fourth-order valence-electron chi connectivity index (χ4n) is 2.80. The summed E-state index contributed by atoms with van der Waals surface area (Å²) in [5.74, 6) is 0.815. The molecule has 0 bridgehead atoms. The molecule has 31 heavy (non-hydrogen) atoms. The summed E-state index contributed by atoms with van der Waals surface area (Å²) < 4.78 is 5.12. The molecule has 2 aromatic carbocycles. The average Bonchev–Trinajstić information content (AvgIpc) is 2.74. The second-order valence-corrected chi connectivity index (χ2v) is 6.90. The lowest BCUT2D eigenvalue weighted by Crippen LogP contribution is -2.40. The van der Waals surface area contributed by atoms with Crippen molar-refractivity contribution in [3.63, 3.8) is 0 Å². The van der Waals surface area contributed by atoms with E-state index in [-0.39, 0.29) is 17.5 Å². The van der Waals surface area contributed by atoms with Crippen LogP contribution in [0.3, 0.4) is 0 Å². The Balaban J connectivity index is 1.81. The number of guanidine groups is 1. The summed E-state index contributed by atoms with van der Waals surface area (Å²) in [5.41, 5.74) is 5.47. The highest BCUT2D eigenvalue weighted by atomic mass is 16.6. The zero-order valence-corrected chi connectivity index (χ0v) is 17.7. The van der Waals surface area contributed by atoms with Gasteiger partial charge in [-0.2, -0.15) is 10.1 Å². The van der Waals surface area contributed by atoms with Crippen molar-refractivity contribution in [3.05, 3.63) is 64.2 Å². The summed E-state index contributed by atoms with van der Waals surface area (Å²) in [5, 5.41) is 15.7. The van der Waals surface area contributed by atoms with E-state index in [0.717, 1.165) is 11.3 Å². The Morgan fingerprint density at radius 1 is 1.13 bits per heavy atom. The highest BCUT2D eigenvalue weighted by Crippen LogP contribution is 2.20. The van der Waals surface area contributed by atoms with E-state index < -0.39 is 11.0 Å². The van der Waals surface area contributed by atoms with Crippen LogP contribution in [-0.2, 0) is 0 Å². The lowest BCUT2D eigenvalue weighted by molar-refractivity contribution is -0.484. The van der Waals surface area contributed by atoms with Crippen LogP contribution in [0, 0.1) is 10.1 Å². The largest absolute Gasteiger partial charge is 0.497 e. The van der Waals surface area contributed by atoms with Gasteiger partial charge in [0.15, 0.2) is 0 Å². The molecule has 1 N–H and O–H groups in total. The predicted octanol–water partition coefficient (Wildman–Crippen LogP) is 2.89. The third kappa shape index (κ3) is 5.50.